The van der Waals surface area contributed by atoms with Crippen molar-refractivity contribution < 1.29 is 5.11 Å². The molecule has 0 spiro atoms. The Kier molecular flexibility index (Phi) is 3.46. The molecule has 0 fully saturated rings. The molecule has 2 aromatic carbocycles. The molecule has 0 unspecified atom stereocenters. The van der Waals surface area contributed by atoms with E-state index in [1.807, 2.05) is 12.1 Å². The third-order valence-electron chi connectivity index (χ3n) is 3.05. The fraction of sp³-hybridized carbons (Fsp3) is 0. The van der Waals surface area contributed by atoms with Crippen molar-refractivity contribution in [3.05, 3.63) is 75.2 Å². The molecule has 1 heterocycles. The maximum Gasteiger partial charge on any atom is 0.274 e. The first kappa shape index (κ1) is 13.4. The number of aromatic nitrogens is 2. The average Bonchev–Trinajstić information content (AvgIpc) is 2.48. The Bertz CT molecular complexity index is 900. The van der Waals surface area contributed by atoms with Gasteiger partial charge in [0.05, 0.1) is 16.1 Å². The van der Waals surface area contributed by atoms with Crippen molar-refractivity contribution in [1.82, 2.24) is 9.97 Å². The molecule has 3 aromatic rings. The van der Waals surface area contributed by atoms with E-state index < -0.39 is 0 Å². The maximum atomic E-state index is 12.0. The highest BCUT2D eigenvalue weighted by Crippen LogP contribution is 2.22. The first-order valence-corrected chi connectivity index (χ1v) is 6.67. The molecular formula is C16H11ClN2O2. The lowest BCUT2D eigenvalue weighted by molar-refractivity contribution is 0.515. The molecule has 0 aliphatic rings. The molecule has 0 radical (unpaired) electrons. The number of hydrogen-bond donors (Lipinski definition) is 2. The van der Waals surface area contributed by atoms with E-state index in [-0.39, 0.29) is 17.0 Å². The predicted octanol–water partition coefficient (Wildman–Crippen LogP) is 3.63. The number of rotatable bonds is 2. The van der Waals surface area contributed by atoms with Gasteiger partial charge in [-0.2, -0.15) is 0 Å². The number of halogens is 1. The predicted molar refractivity (Wildman–Crippen MR) is 84.3 cm³/mol. The van der Waals surface area contributed by atoms with E-state index in [0.717, 1.165) is 0 Å². The van der Waals surface area contributed by atoms with Gasteiger partial charge in [-0.1, -0.05) is 35.9 Å². The molecule has 5 heteroatoms. The lowest BCUT2D eigenvalue weighted by Gasteiger charge is -2.03. The molecule has 0 amide bonds. The first-order valence-electron chi connectivity index (χ1n) is 6.30. The quantitative estimate of drug-likeness (QED) is 0.710. The molecule has 3 rings (SSSR count). The van der Waals surface area contributed by atoms with Crippen molar-refractivity contribution in [3.8, 4) is 0 Å². The first-order chi connectivity index (χ1) is 10.1. The fourth-order valence-corrected chi connectivity index (χ4v) is 2.25. The van der Waals surface area contributed by atoms with Crippen LogP contribution < -0.4 is 5.56 Å². The fourth-order valence-electron chi connectivity index (χ4n) is 2.02. The second-order valence-corrected chi connectivity index (χ2v) is 4.88. The Balaban J connectivity index is 2.13. The Morgan fingerprint density at radius 3 is 2.67 bits per heavy atom. The Morgan fingerprint density at radius 1 is 1.14 bits per heavy atom. The highest BCUT2D eigenvalue weighted by atomic mass is 35.5. The van der Waals surface area contributed by atoms with Crippen molar-refractivity contribution in [2.75, 3.05) is 0 Å². The van der Waals surface area contributed by atoms with Crippen LogP contribution in [0.3, 0.4) is 0 Å². The van der Waals surface area contributed by atoms with Gasteiger partial charge in [0, 0.05) is 11.6 Å². The average molecular weight is 299 g/mol. The van der Waals surface area contributed by atoms with Gasteiger partial charge in [-0.3, -0.25) is 4.79 Å². The zero-order chi connectivity index (χ0) is 14.8. The number of H-pyrrole nitrogens is 1. The van der Waals surface area contributed by atoms with E-state index in [0.29, 0.717) is 21.6 Å². The van der Waals surface area contributed by atoms with Gasteiger partial charge in [-0.05, 0) is 24.3 Å². The van der Waals surface area contributed by atoms with Gasteiger partial charge in [-0.25, -0.2) is 4.98 Å². The molecule has 0 bridgehead atoms. The number of hydrogen-bond acceptors (Lipinski definition) is 3. The third-order valence-corrected chi connectivity index (χ3v) is 3.38. The van der Waals surface area contributed by atoms with Crippen molar-refractivity contribution in [3.63, 3.8) is 0 Å². The van der Waals surface area contributed by atoms with E-state index in [1.54, 1.807) is 36.4 Å². The van der Waals surface area contributed by atoms with E-state index in [1.165, 1.54) is 6.08 Å². The summed E-state index contributed by atoms with van der Waals surface area (Å²) in [6, 6.07) is 14.1. The lowest BCUT2D eigenvalue weighted by Crippen LogP contribution is -2.12. The summed E-state index contributed by atoms with van der Waals surface area (Å²) in [5.41, 5.74) is 1.51. The maximum absolute atomic E-state index is 12.0. The van der Waals surface area contributed by atoms with Crippen LogP contribution in [0.5, 0.6) is 0 Å². The summed E-state index contributed by atoms with van der Waals surface area (Å²) >= 11 is 6.01. The van der Waals surface area contributed by atoms with Crippen LogP contribution in [0, 0.1) is 0 Å². The SMILES string of the molecule is O=c1[nH]c2ccccc2nc1C=C(O)c1ccccc1Cl. The summed E-state index contributed by atoms with van der Waals surface area (Å²) in [7, 11) is 0. The van der Waals surface area contributed by atoms with Crippen LogP contribution in [0.2, 0.25) is 5.02 Å². The zero-order valence-electron chi connectivity index (χ0n) is 10.9. The van der Waals surface area contributed by atoms with Crippen molar-refractivity contribution in [1.29, 1.82) is 0 Å². The standard InChI is InChI=1S/C16H11ClN2O2/c17-11-6-2-1-5-10(11)15(20)9-14-16(21)19-13-8-4-3-7-12(13)18-14/h1-9,20H,(H,19,21). The van der Waals surface area contributed by atoms with Crippen LogP contribution in [0.15, 0.2) is 53.3 Å². The normalized spacial score (nSPS) is 11.8. The van der Waals surface area contributed by atoms with Gasteiger partial charge < -0.3 is 10.1 Å². The molecule has 2 N–H and O–H groups in total. The summed E-state index contributed by atoms with van der Waals surface area (Å²) in [5, 5.41) is 10.5. The monoisotopic (exact) mass is 298 g/mol. The van der Waals surface area contributed by atoms with Crippen molar-refractivity contribution >= 4 is 34.5 Å². The zero-order valence-corrected chi connectivity index (χ0v) is 11.6. The van der Waals surface area contributed by atoms with E-state index in [4.69, 9.17) is 11.6 Å². The number of nitrogens with one attached hydrogen (secondary N) is 1. The second-order valence-electron chi connectivity index (χ2n) is 4.48. The molecule has 0 saturated carbocycles. The molecule has 0 atom stereocenters. The lowest BCUT2D eigenvalue weighted by atomic mass is 10.1. The van der Waals surface area contributed by atoms with Crippen molar-refractivity contribution in [2.45, 2.75) is 0 Å². The number of aliphatic hydroxyl groups excluding tert-OH is 1. The highest BCUT2D eigenvalue weighted by Gasteiger charge is 2.07. The summed E-state index contributed by atoms with van der Waals surface area (Å²) in [5.74, 6) is -0.103. The topological polar surface area (TPSA) is 66.0 Å². The number of nitrogens with zero attached hydrogens (tertiary/aromatic N) is 1. The third kappa shape index (κ3) is 2.66. The van der Waals surface area contributed by atoms with Crippen molar-refractivity contribution in [2.24, 2.45) is 0 Å². The smallest absolute Gasteiger partial charge is 0.274 e. The van der Waals surface area contributed by atoms with Crippen LogP contribution in [-0.4, -0.2) is 15.1 Å². The highest BCUT2D eigenvalue weighted by molar-refractivity contribution is 6.32. The summed E-state index contributed by atoms with van der Waals surface area (Å²) in [4.78, 5) is 18.9. The van der Waals surface area contributed by atoms with Crippen LogP contribution in [0.1, 0.15) is 11.3 Å². The molecule has 1 aromatic heterocycles. The molecule has 0 aliphatic heterocycles. The Morgan fingerprint density at radius 2 is 1.86 bits per heavy atom. The van der Waals surface area contributed by atoms with Crippen LogP contribution in [0.25, 0.3) is 22.9 Å². The molecule has 104 valence electrons. The molecule has 0 aliphatic carbocycles. The summed E-state index contributed by atoms with van der Waals surface area (Å²) in [6.45, 7) is 0. The molecule has 21 heavy (non-hydrogen) atoms. The van der Waals surface area contributed by atoms with Gasteiger partial charge in [0.1, 0.15) is 11.5 Å². The molecule has 0 saturated heterocycles. The largest absolute Gasteiger partial charge is 0.507 e. The molecular weight excluding hydrogens is 288 g/mol. The van der Waals surface area contributed by atoms with Gasteiger partial charge in [0.25, 0.3) is 5.56 Å². The summed E-state index contributed by atoms with van der Waals surface area (Å²) in [6.07, 6.45) is 1.31. The Labute approximate surface area is 125 Å². The van der Waals surface area contributed by atoms with Gasteiger partial charge in [0.2, 0.25) is 0 Å². The minimum absolute atomic E-state index is 0.103. The van der Waals surface area contributed by atoms with Crippen LogP contribution >= 0.6 is 11.6 Å². The number of aromatic amines is 1. The Hall–Kier alpha value is -2.59. The minimum Gasteiger partial charge on any atom is -0.507 e. The number of fused-ring (bicyclic) bond motifs is 1. The molecule has 4 nitrogen and oxygen atoms in total. The van der Waals surface area contributed by atoms with Crippen LogP contribution in [0.4, 0.5) is 0 Å². The van der Waals surface area contributed by atoms with E-state index in [2.05, 4.69) is 9.97 Å². The van der Waals surface area contributed by atoms with Crippen LogP contribution in [-0.2, 0) is 0 Å². The van der Waals surface area contributed by atoms with Gasteiger partial charge in [-0.15, -0.1) is 0 Å². The van der Waals surface area contributed by atoms with E-state index in [9.17, 15) is 9.90 Å². The van der Waals surface area contributed by atoms with Gasteiger partial charge in [0.15, 0.2) is 0 Å². The number of para-hydroxylation sites is 2. The minimum atomic E-state index is -0.368. The number of aliphatic hydroxyl groups is 1. The van der Waals surface area contributed by atoms with Gasteiger partial charge >= 0.3 is 0 Å². The summed E-state index contributed by atoms with van der Waals surface area (Å²) < 4.78 is 0. The van der Waals surface area contributed by atoms with E-state index >= 15 is 0 Å². The number of benzene rings is 2. The second kappa shape index (κ2) is 5.42.